The van der Waals surface area contributed by atoms with Crippen molar-refractivity contribution in [1.29, 1.82) is 0 Å². The van der Waals surface area contributed by atoms with Gasteiger partial charge in [-0.2, -0.15) is 0 Å². The van der Waals surface area contributed by atoms with E-state index in [1.807, 2.05) is 36.2 Å². The van der Waals surface area contributed by atoms with E-state index in [4.69, 9.17) is 20.4 Å². The highest BCUT2D eigenvalue weighted by molar-refractivity contribution is 6.01. The maximum Gasteiger partial charge on any atom is 0.254 e. The predicted octanol–water partition coefficient (Wildman–Crippen LogP) is 4.52. The number of hydrogen-bond acceptors (Lipinski definition) is 6. The third-order valence-corrected chi connectivity index (χ3v) is 10.8. The molecule has 234 valence electrons. The second-order valence-corrected chi connectivity index (χ2v) is 13.6. The molecule has 2 saturated carbocycles. The minimum Gasteiger partial charge on any atom is -0.494 e. The van der Waals surface area contributed by atoms with Crippen LogP contribution in [-0.2, 0) is 20.0 Å². The van der Waals surface area contributed by atoms with Gasteiger partial charge in [0.1, 0.15) is 16.9 Å². The smallest absolute Gasteiger partial charge is 0.254 e. The fraction of sp³-hybridized carbons (Fsp3) is 0.389. The summed E-state index contributed by atoms with van der Waals surface area (Å²) in [6.07, 6.45) is 5.29. The average molecular weight is 616 g/mol. The maximum absolute atomic E-state index is 13.7. The molecule has 3 N–H and O–H groups in total. The van der Waals surface area contributed by atoms with Crippen LogP contribution < -0.4 is 15.8 Å². The van der Waals surface area contributed by atoms with Crippen LogP contribution >= 0.6 is 0 Å². The lowest BCUT2D eigenvalue weighted by atomic mass is 9.96. The van der Waals surface area contributed by atoms with Crippen molar-refractivity contribution in [3.05, 3.63) is 65.2 Å². The summed E-state index contributed by atoms with van der Waals surface area (Å²) in [6.45, 7) is 2.23. The number of pyridine rings is 1. The summed E-state index contributed by atoms with van der Waals surface area (Å²) in [5, 5.41) is 3.97. The van der Waals surface area contributed by atoms with Crippen LogP contribution in [-0.4, -0.2) is 68.1 Å². The minimum atomic E-state index is -0.0121. The number of aryl methyl sites for hydroxylation is 1. The van der Waals surface area contributed by atoms with Crippen LogP contribution in [0.25, 0.3) is 44.8 Å². The van der Waals surface area contributed by atoms with Crippen LogP contribution in [0.15, 0.2) is 48.5 Å². The third kappa shape index (κ3) is 4.19. The van der Waals surface area contributed by atoms with Crippen molar-refractivity contribution < 1.29 is 14.3 Å². The highest BCUT2D eigenvalue weighted by atomic mass is 16.5. The summed E-state index contributed by atoms with van der Waals surface area (Å²) in [7, 11) is 3.65. The van der Waals surface area contributed by atoms with Crippen LogP contribution in [0.3, 0.4) is 0 Å². The Bertz CT molecular complexity index is 2090. The van der Waals surface area contributed by atoms with Crippen LogP contribution in [0.5, 0.6) is 5.75 Å². The highest BCUT2D eigenvalue weighted by Gasteiger charge is 2.47. The standard InChI is InChI=1S/C36H37N7O3/c1-41-32-27(14-24(16-30(32)46-2)36(45)43-18-23-7-10-28(43)31(23)37)40-34(41)29-15-22-6-9-26(39-33(22)42(29)17-19-3-4-19)21-5-8-25-20(13-21)11-12-38-35(25)44/h5-6,8-9,13-16,19,23,28,31H,3-4,7,10-12,17-18,37H2,1-2H3,(H,38,44). The number of nitrogens with zero attached hydrogens (tertiary/aromatic N) is 5. The molecule has 0 radical (unpaired) electrons. The van der Waals surface area contributed by atoms with E-state index in [9.17, 15) is 9.59 Å². The molecule has 2 aromatic carbocycles. The number of carbonyl (C=O) groups excluding carboxylic acids is 2. The quantitative estimate of drug-likeness (QED) is 0.290. The Hall–Kier alpha value is -4.70. The van der Waals surface area contributed by atoms with Crippen LogP contribution in [0.2, 0.25) is 0 Å². The van der Waals surface area contributed by atoms with E-state index in [0.717, 1.165) is 88.3 Å². The first-order valence-corrected chi connectivity index (χ1v) is 16.4. The molecule has 10 nitrogen and oxygen atoms in total. The molecule has 2 amide bonds. The number of benzene rings is 2. The molecule has 46 heavy (non-hydrogen) atoms. The van der Waals surface area contributed by atoms with Crippen molar-refractivity contribution in [3.63, 3.8) is 0 Å². The summed E-state index contributed by atoms with van der Waals surface area (Å²) in [4.78, 5) is 38.4. The highest BCUT2D eigenvalue weighted by Crippen LogP contribution is 2.40. The minimum absolute atomic E-state index is 0.00237. The topological polar surface area (TPSA) is 120 Å². The number of amides is 2. The van der Waals surface area contributed by atoms with E-state index in [0.29, 0.717) is 29.7 Å². The van der Waals surface area contributed by atoms with Crippen molar-refractivity contribution in [3.8, 4) is 28.5 Å². The van der Waals surface area contributed by atoms with E-state index in [-0.39, 0.29) is 23.9 Å². The lowest BCUT2D eigenvalue weighted by Crippen LogP contribution is -2.41. The first kappa shape index (κ1) is 27.6. The number of methoxy groups -OCH3 is 1. The number of ether oxygens (including phenoxy) is 1. The zero-order valence-corrected chi connectivity index (χ0v) is 26.1. The summed E-state index contributed by atoms with van der Waals surface area (Å²) in [6, 6.07) is 16.3. The van der Waals surface area contributed by atoms with E-state index in [2.05, 4.69) is 38.7 Å². The fourth-order valence-corrected chi connectivity index (χ4v) is 8.07. The van der Waals surface area contributed by atoms with E-state index in [1.165, 1.54) is 12.8 Å². The molecule has 5 aromatic rings. The van der Waals surface area contributed by atoms with Gasteiger partial charge in [-0.05, 0) is 92.0 Å². The van der Waals surface area contributed by atoms with Gasteiger partial charge in [-0.15, -0.1) is 0 Å². The first-order chi connectivity index (χ1) is 22.4. The number of piperidine rings is 1. The van der Waals surface area contributed by atoms with E-state index >= 15 is 0 Å². The van der Waals surface area contributed by atoms with Gasteiger partial charge in [0.25, 0.3) is 11.8 Å². The number of fused-ring (bicyclic) bond motifs is 5. The molecule has 2 aliphatic carbocycles. The van der Waals surface area contributed by atoms with Crippen LogP contribution in [0.1, 0.15) is 52.0 Å². The van der Waals surface area contributed by atoms with E-state index in [1.54, 1.807) is 7.11 Å². The molecule has 3 aromatic heterocycles. The maximum atomic E-state index is 13.7. The molecule has 5 heterocycles. The van der Waals surface area contributed by atoms with Crippen molar-refractivity contribution in [1.82, 2.24) is 29.3 Å². The van der Waals surface area contributed by atoms with Gasteiger partial charge in [-0.25, -0.2) is 9.97 Å². The number of nitrogens with one attached hydrogen (secondary N) is 1. The van der Waals surface area contributed by atoms with Gasteiger partial charge in [0.15, 0.2) is 5.82 Å². The van der Waals surface area contributed by atoms with Crippen LogP contribution in [0, 0.1) is 11.8 Å². The largest absolute Gasteiger partial charge is 0.494 e. The van der Waals surface area contributed by atoms with Crippen molar-refractivity contribution in [2.75, 3.05) is 20.2 Å². The predicted molar refractivity (Wildman–Crippen MR) is 176 cm³/mol. The Morgan fingerprint density at radius 2 is 1.93 bits per heavy atom. The van der Waals surface area contributed by atoms with Crippen LogP contribution in [0.4, 0.5) is 0 Å². The SMILES string of the molecule is COc1cc(C(=O)N2CC3CCC2C3N)cc2nc(-c3cc4ccc(-c5ccc6c(c5)CCNC6=O)nc4n3CC3CC3)n(C)c12. The Balaban J connectivity index is 1.14. The van der Waals surface area contributed by atoms with Crippen molar-refractivity contribution >= 4 is 33.9 Å². The number of hydrogen-bond donors (Lipinski definition) is 2. The average Bonchev–Trinajstić information content (AvgIpc) is 3.47. The Labute approximate surface area is 266 Å². The summed E-state index contributed by atoms with van der Waals surface area (Å²) < 4.78 is 10.3. The number of rotatable bonds is 6. The Kier molecular flexibility index (Phi) is 6.09. The second kappa shape index (κ2) is 10.2. The zero-order chi connectivity index (χ0) is 31.3. The fourth-order valence-electron chi connectivity index (χ4n) is 8.07. The van der Waals surface area contributed by atoms with Gasteiger partial charge >= 0.3 is 0 Å². The third-order valence-electron chi connectivity index (χ3n) is 10.8. The number of likely N-dealkylation sites (tertiary alicyclic amines) is 1. The van der Waals surface area contributed by atoms with Gasteiger partial charge in [-0.1, -0.05) is 6.07 Å². The molecular formula is C36H37N7O3. The number of nitrogens with two attached hydrogens (primary N) is 1. The van der Waals surface area contributed by atoms with E-state index < -0.39 is 0 Å². The Morgan fingerprint density at radius 3 is 2.70 bits per heavy atom. The molecule has 3 unspecified atom stereocenters. The number of aromatic nitrogens is 4. The molecular weight excluding hydrogens is 578 g/mol. The lowest BCUT2D eigenvalue weighted by Gasteiger charge is -2.27. The molecule has 3 fully saturated rings. The second-order valence-electron chi connectivity index (χ2n) is 13.6. The summed E-state index contributed by atoms with van der Waals surface area (Å²) >= 11 is 0. The van der Waals surface area contributed by atoms with Gasteiger partial charge in [-0.3, -0.25) is 9.59 Å². The lowest BCUT2D eigenvalue weighted by molar-refractivity contribution is 0.0700. The molecule has 4 aliphatic rings. The van der Waals surface area contributed by atoms with Crippen molar-refractivity contribution in [2.24, 2.45) is 24.6 Å². The molecule has 2 bridgehead atoms. The number of imidazole rings is 1. The molecule has 10 heteroatoms. The molecule has 2 aliphatic heterocycles. The zero-order valence-electron chi connectivity index (χ0n) is 26.1. The molecule has 3 atom stereocenters. The first-order valence-electron chi connectivity index (χ1n) is 16.4. The Morgan fingerprint density at radius 1 is 1.07 bits per heavy atom. The monoisotopic (exact) mass is 615 g/mol. The molecule has 0 spiro atoms. The summed E-state index contributed by atoms with van der Waals surface area (Å²) in [5.41, 5.74) is 14.2. The van der Waals surface area contributed by atoms with Gasteiger partial charge < -0.3 is 29.8 Å². The molecule has 9 rings (SSSR count). The molecule has 1 saturated heterocycles. The van der Waals surface area contributed by atoms with Gasteiger partial charge in [0.05, 0.1) is 24.0 Å². The van der Waals surface area contributed by atoms with Crippen molar-refractivity contribution in [2.45, 2.75) is 50.7 Å². The summed E-state index contributed by atoms with van der Waals surface area (Å²) in [5.74, 6) is 2.41. The number of carbonyl (C=O) groups is 2. The van der Waals surface area contributed by atoms with Gasteiger partial charge in [0.2, 0.25) is 0 Å². The normalized spacial score (nSPS) is 22.1. The van der Waals surface area contributed by atoms with Gasteiger partial charge in [0, 0.05) is 60.8 Å².